The highest BCUT2D eigenvalue weighted by Gasteiger charge is 2.15. The summed E-state index contributed by atoms with van der Waals surface area (Å²) in [6.07, 6.45) is 0. The Balaban J connectivity index is 2.95. The van der Waals surface area contributed by atoms with E-state index in [1.165, 1.54) is 5.56 Å². The molecular formula is C12H17NO2. The molecule has 0 saturated carbocycles. The minimum absolute atomic E-state index is 0.0800. The maximum absolute atomic E-state index is 10.6. The second-order valence-electron chi connectivity index (χ2n) is 4.74. The van der Waals surface area contributed by atoms with Crippen LogP contribution in [-0.2, 0) is 10.2 Å². The topological polar surface area (TPSA) is 67.8 Å². The first-order chi connectivity index (χ1) is 6.82. The summed E-state index contributed by atoms with van der Waals surface area (Å²) in [5.41, 5.74) is 5.48. The van der Waals surface area contributed by atoms with E-state index in [2.05, 4.69) is 26.5 Å². The quantitative estimate of drug-likeness (QED) is 0.742. The van der Waals surface area contributed by atoms with Gasteiger partial charge in [-0.15, -0.1) is 0 Å². The number of aliphatic carboxylic acids is 1. The second-order valence-corrected chi connectivity index (χ2v) is 4.74. The van der Waals surface area contributed by atoms with Crippen molar-refractivity contribution in [3.05, 3.63) is 35.4 Å². The molecule has 0 unspecified atom stereocenters. The summed E-state index contributed by atoms with van der Waals surface area (Å²) in [6.45, 7) is 6.34. The van der Waals surface area contributed by atoms with Crippen molar-refractivity contribution in [1.29, 1.82) is 0 Å². The number of hydrogen-bond donors (Lipinski definition) is 1. The van der Waals surface area contributed by atoms with Gasteiger partial charge >= 0.3 is 0 Å². The van der Waals surface area contributed by atoms with Crippen LogP contribution in [0.5, 0.6) is 0 Å². The fraction of sp³-hybridized carbons (Fsp3) is 0.417. The molecule has 3 N–H and O–H groups in total. The average molecular weight is 207 g/mol. The number of carboxylic acids is 1. The molecule has 1 aromatic carbocycles. The fourth-order valence-electron chi connectivity index (χ4n) is 1.35. The van der Waals surface area contributed by atoms with Gasteiger partial charge in [0, 0.05) is 5.56 Å². The number of rotatable bonds is 2. The predicted octanol–water partition coefficient (Wildman–Crippen LogP) is 0.0170. The summed E-state index contributed by atoms with van der Waals surface area (Å²) >= 11 is 0. The van der Waals surface area contributed by atoms with Crippen LogP contribution in [0.25, 0.3) is 0 Å². The van der Waals surface area contributed by atoms with Crippen molar-refractivity contribution in [3.8, 4) is 0 Å². The van der Waals surface area contributed by atoms with E-state index in [4.69, 9.17) is 0 Å². The van der Waals surface area contributed by atoms with Gasteiger partial charge in [-0.2, -0.15) is 0 Å². The van der Waals surface area contributed by atoms with Gasteiger partial charge in [-0.25, -0.2) is 0 Å². The van der Waals surface area contributed by atoms with Gasteiger partial charge in [0.25, 0.3) is 0 Å². The fourth-order valence-corrected chi connectivity index (χ4v) is 1.35. The van der Waals surface area contributed by atoms with Crippen LogP contribution in [0.4, 0.5) is 0 Å². The van der Waals surface area contributed by atoms with Gasteiger partial charge in [0.1, 0.15) is 5.97 Å². The van der Waals surface area contributed by atoms with Gasteiger partial charge in [-0.05, 0) is 11.0 Å². The van der Waals surface area contributed by atoms with Crippen LogP contribution < -0.4 is 10.8 Å². The zero-order valence-corrected chi connectivity index (χ0v) is 9.41. The van der Waals surface area contributed by atoms with E-state index in [0.29, 0.717) is 5.56 Å². The zero-order valence-electron chi connectivity index (χ0n) is 9.41. The van der Waals surface area contributed by atoms with E-state index >= 15 is 0 Å². The highest BCUT2D eigenvalue weighted by molar-refractivity contribution is 5.71. The van der Waals surface area contributed by atoms with Crippen molar-refractivity contribution in [2.45, 2.75) is 32.2 Å². The van der Waals surface area contributed by atoms with E-state index in [-0.39, 0.29) is 5.41 Å². The number of carboxylic acid groups (broad SMARTS) is 1. The molecule has 0 amide bonds. The summed E-state index contributed by atoms with van der Waals surface area (Å²) in [7, 11) is 0. The minimum Gasteiger partial charge on any atom is -0.544 e. The molecule has 1 rings (SSSR count). The molecule has 0 spiro atoms. The van der Waals surface area contributed by atoms with Crippen LogP contribution in [-0.4, -0.2) is 5.97 Å². The van der Waals surface area contributed by atoms with Crippen LogP contribution in [0.2, 0.25) is 0 Å². The number of quaternary nitrogens is 1. The standard InChI is InChI=1S/C12H17NO2/c1-12(2,3)9-6-4-8(5-7-9)10(13)11(14)15/h4-7,10H,13H2,1-3H3,(H,14,15)/t10-/m1/s1. The number of benzene rings is 1. The molecule has 0 heterocycles. The Morgan fingerprint density at radius 2 is 1.73 bits per heavy atom. The van der Waals surface area contributed by atoms with Gasteiger partial charge in [0.05, 0.1) is 0 Å². The van der Waals surface area contributed by atoms with Crippen molar-refractivity contribution in [1.82, 2.24) is 0 Å². The Labute approximate surface area is 89.9 Å². The molecule has 1 aromatic rings. The lowest BCUT2D eigenvalue weighted by atomic mass is 9.86. The molecule has 0 aliphatic rings. The molecule has 82 valence electrons. The Bertz CT molecular complexity index is 349. The van der Waals surface area contributed by atoms with E-state index in [0.717, 1.165) is 0 Å². The van der Waals surface area contributed by atoms with Crippen molar-refractivity contribution in [2.75, 3.05) is 0 Å². The smallest absolute Gasteiger partial charge is 0.150 e. The lowest BCUT2D eigenvalue weighted by molar-refractivity contribution is -0.443. The monoisotopic (exact) mass is 207 g/mol. The van der Waals surface area contributed by atoms with E-state index in [1.54, 1.807) is 12.1 Å². The molecule has 0 fully saturated rings. The molecule has 1 atom stereocenters. The Morgan fingerprint density at radius 1 is 1.27 bits per heavy atom. The Kier molecular flexibility index (Phi) is 3.15. The van der Waals surface area contributed by atoms with Gasteiger partial charge in [-0.3, -0.25) is 0 Å². The summed E-state index contributed by atoms with van der Waals surface area (Å²) in [6, 6.07) is 6.69. The molecule has 0 aliphatic carbocycles. The molecule has 0 saturated heterocycles. The first-order valence-electron chi connectivity index (χ1n) is 4.97. The highest BCUT2D eigenvalue weighted by atomic mass is 16.4. The molecule has 0 bridgehead atoms. The van der Waals surface area contributed by atoms with Crippen molar-refractivity contribution < 1.29 is 15.6 Å². The van der Waals surface area contributed by atoms with Crippen LogP contribution in [0.15, 0.2) is 24.3 Å². The average Bonchev–Trinajstić information content (AvgIpc) is 2.15. The third kappa shape index (κ3) is 2.80. The second kappa shape index (κ2) is 4.03. The molecule has 0 aromatic heterocycles. The van der Waals surface area contributed by atoms with Crippen molar-refractivity contribution in [3.63, 3.8) is 0 Å². The summed E-state index contributed by atoms with van der Waals surface area (Å²) in [5, 5.41) is 10.6. The lowest BCUT2D eigenvalue weighted by Gasteiger charge is -2.19. The summed E-state index contributed by atoms with van der Waals surface area (Å²) in [5.74, 6) is -1.14. The molecule has 0 radical (unpaired) electrons. The van der Waals surface area contributed by atoms with E-state index in [1.807, 2.05) is 12.1 Å². The molecule has 15 heavy (non-hydrogen) atoms. The third-order valence-corrected chi connectivity index (χ3v) is 2.46. The summed E-state index contributed by atoms with van der Waals surface area (Å²) in [4.78, 5) is 10.6. The van der Waals surface area contributed by atoms with Crippen LogP contribution in [0.3, 0.4) is 0 Å². The lowest BCUT2D eigenvalue weighted by Crippen LogP contribution is -2.61. The van der Waals surface area contributed by atoms with Crippen LogP contribution in [0.1, 0.15) is 37.9 Å². The van der Waals surface area contributed by atoms with Crippen molar-refractivity contribution in [2.24, 2.45) is 0 Å². The molecule has 3 heteroatoms. The molecule has 3 nitrogen and oxygen atoms in total. The zero-order chi connectivity index (χ0) is 11.6. The molecular weight excluding hydrogens is 190 g/mol. The maximum Gasteiger partial charge on any atom is 0.150 e. The Hall–Kier alpha value is -1.35. The maximum atomic E-state index is 10.6. The minimum atomic E-state index is -1.14. The highest BCUT2D eigenvalue weighted by Crippen LogP contribution is 2.23. The third-order valence-electron chi connectivity index (χ3n) is 2.46. The first-order valence-corrected chi connectivity index (χ1v) is 4.97. The van der Waals surface area contributed by atoms with Gasteiger partial charge in [-0.1, -0.05) is 45.0 Å². The first kappa shape index (κ1) is 11.7. The number of carbonyl (C=O) groups is 1. The van der Waals surface area contributed by atoms with E-state index < -0.39 is 12.0 Å². The molecule has 0 aliphatic heterocycles. The van der Waals surface area contributed by atoms with Gasteiger partial charge < -0.3 is 15.6 Å². The SMILES string of the molecule is CC(C)(C)c1ccc([C@@H]([NH3+])C(=O)[O-])cc1. The Morgan fingerprint density at radius 3 is 2.07 bits per heavy atom. The number of hydrogen-bond acceptors (Lipinski definition) is 2. The van der Waals surface area contributed by atoms with Gasteiger partial charge in [0.15, 0.2) is 6.04 Å². The van der Waals surface area contributed by atoms with Crippen molar-refractivity contribution >= 4 is 5.97 Å². The largest absolute Gasteiger partial charge is 0.544 e. The van der Waals surface area contributed by atoms with Crippen LogP contribution >= 0.6 is 0 Å². The van der Waals surface area contributed by atoms with Gasteiger partial charge in [0.2, 0.25) is 0 Å². The normalized spacial score (nSPS) is 13.6. The predicted molar refractivity (Wildman–Crippen MR) is 55.8 cm³/mol. The number of carbonyl (C=O) groups excluding carboxylic acids is 1. The summed E-state index contributed by atoms with van der Waals surface area (Å²) < 4.78 is 0. The van der Waals surface area contributed by atoms with E-state index in [9.17, 15) is 9.90 Å². The van der Waals surface area contributed by atoms with Crippen LogP contribution in [0, 0.1) is 0 Å².